The number of H-pyrrole nitrogens is 1. The van der Waals surface area contributed by atoms with Crippen LogP contribution < -0.4 is 11.1 Å². The molecule has 148 valence electrons. The first-order chi connectivity index (χ1) is 13.1. The maximum atomic E-state index is 14.0. The van der Waals surface area contributed by atoms with E-state index in [-0.39, 0.29) is 41.0 Å². The van der Waals surface area contributed by atoms with Crippen molar-refractivity contribution in [2.45, 2.75) is 7.57 Å². The average Bonchev–Trinajstić information content (AvgIpc) is 3.03. The Morgan fingerprint density at radius 1 is 1.39 bits per heavy atom. The first-order valence-corrected chi connectivity index (χ1v) is 10.8. The molecule has 2 unspecified atom stereocenters. The summed E-state index contributed by atoms with van der Waals surface area (Å²) >= 11 is 11.8. The van der Waals surface area contributed by atoms with E-state index in [1.807, 2.05) is 12.1 Å². The Bertz CT molecular complexity index is 1040. The Kier molecular flexibility index (Phi) is 6.36. The Morgan fingerprint density at radius 3 is 2.75 bits per heavy atom. The molecule has 4 N–H and O–H groups in total. The molecule has 0 aliphatic heterocycles. The van der Waals surface area contributed by atoms with Crippen molar-refractivity contribution in [3.63, 3.8) is 0 Å². The van der Waals surface area contributed by atoms with Crippen molar-refractivity contribution in [2.75, 3.05) is 5.32 Å². The second kappa shape index (κ2) is 8.28. The van der Waals surface area contributed by atoms with Gasteiger partial charge in [0, 0.05) is 4.47 Å². The molecule has 0 aliphatic rings. The van der Waals surface area contributed by atoms with Crippen LogP contribution in [0.2, 0.25) is 0 Å². The summed E-state index contributed by atoms with van der Waals surface area (Å²) in [4.78, 5) is 26.5. The molecule has 3 rings (SSSR count). The van der Waals surface area contributed by atoms with Gasteiger partial charge in [0.05, 0.1) is 12.0 Å². The van der Waals surface area contributed by atoms with E-state index < -0.39 is 11.9 Å². The number of fused-ring (bicyclic) bond motifs is 1. The highest BCUT2D eigenvalue weighted by Gasteiger charge is 2.48. The standard InChI is InChI=1S/C13H9Br2ClFN7O2S2/c14-6-3-1-2-4-7(6)21-10-8-9(20-5-19-8)22-11(23-10)12(18,28-24(25)26)27-13(15,16)17/h1-5H,18H2,(H2,19,20,21,22,23). The summed E-state index contributed by atoms with van der Waals surface area (Å²) in [7, 11) is 0. The maximum absolute atomic E-state index is 14.0. The minimum Gasteiger partial charge on any atom is -0.340 e. The van der Waals surface area contributed by atoms with Gasteiger partial charge in [0.15, 0.2) is 17.3 Å². The van der Waals surface area contributed by atoms with Crippen LogP contribution in [0.15, 0.2) is 35.1 Å². The fraction of sp³-hybridized carbons (Fsp3) is 0.154. The Balaban J connectivity index is 2.12. The molecular formula is C13H9Br2ClFN7O2S2. The molecule has 2 atom stereocenters. The van der Waals surface area contributed by atoms with E-state index in [9.17, 15) is 14.5 Å². The second-order valence-corrected chi connectivity index (χ2v) is 11.6. The van der Waals surface area contributed by atoms with E-state index in [0.29, 0.717) is 11.2 Å². The Hall–Kier alpha value is -1.19. The molecule has 2 heterocycles. The van der Waals surface area contributed by atoms with E-state index in [1.54, 1.807) is 12.1 Å². The van der Waals surface area contributed by atoms with Gasteiger partial charge in [-0.05, 0) is 55.8 Å². The van der Waals surface area contributed by atoms with Gasteiger partial charge in [0.25, 0.3) is 15.3 Å². The fourth-order valence-corrected chi connectivity index (χ4v) is 5.73. The lowest BCUT2D eigenvalue weighted by atomic mass is 10.3. The molecule has 2 aromatic heterocycles. The number of nitro groups is 1. The summed E-state index contributed by atoms with van der Waals surface area (Å²) in [6.07, 6.45) is 1.38. The van der Waals surface area contributed by atoms with Crippen LogP contribution in [0.1, 0.15) is 5.82 Å². The maximum Gasteiger partial charge on any atom is 0.287 e. The summed E-state index contributed by atoms with van der Waals surface area (Å²) in [6, 6.07) is 7.24. The van der Waals surface area contributed by atoms with Gasteiger partial charge in [-0.3, -0.25) is 15.8 Å². The van der Waals surface area contributed by atoms with Crippen LogP contribution in [0.3, 0.4) is 0 Å². The first-order valence-electron chi connectivity index (χ1n) is 7.20. The topological polar surface area (TPSA) is 136 Å². The number of thioether (sulfide) groups is 1. The molecule has 0 spiro atoms. The largest absolute Gasteiger partial charge is 0.340 e. The lowest BCUT2D eigenvalue weighted by Crippen LogP contribution is -2.35. The van der Waals surface area contributed by atoms with Gasteiger partial charge in [0.1, 0.15) is 9.85 Å². The number of nitrogens with one attached hydrogen (secondary N) is 2. The number of anilines is 2. The van der Waals surface area contributed by atoms with E-state index >= 15 is 0 Å². The Labute approximate surface area is 187 Å². The number of nitrogens with zero attached hydrogens (tertiary/aromatic N) is 4. The number of benzene rings is 1. The van der Waals surface area contributed by atoms with Crippen LogP contribution in [0.5, 0.6) is 0 Å². The number of halogens is 4. The summed E-state index contributed by atoms with van der Waals surface area (Å²) < 4.78 is 9.34. The Morgan fingerprint density at radius 2 is 2.11 bits per heavy atom. The predicted octanol–water partition coefficient (Wildman–Crippen LogP) is 4.80. The van der Waals surface area contributed by atoms with Crippen molar-refractivity contribution in [1.29, 1.82) is 0 Å². The fourth-order valence-electron chi connectivity index (χ4n) is 2.16. The van der Waals surface area contributed by atoms with Crippen LogP contribution in [0.4, 0.5) is 15.9 Å². The molecule has 0 bridgehead atoms. The molecule has 0 amide bonds. The number of rotatable bonds is 7. The number of hydrogen-bond acceptors (Lipinski definition) is 9. The van der Waals surface area contributed by atoms with Crippen LogP contribution in [-0.4, -0.2) is 27.6 Å². The number of imidazole rings is 1. The van der Waals surface area contributed by atoms with Crippen molar-refractivity contribution in [2.24, 2.45) is 5.73 Å². The highest BCUT2D eigenvalue weighted by atomic mass is 79.9. The number of hydrogen-bond donors (Lipinski definition) is 3. The number of para-hydroxylation sites is 1. The molecule has 28 heavy (non-hydrogen) atoms. The third-order valence-electron chi connectivity index (χ3n) is 3.20. The van der Waals surface area contributed by atoms with Crippen LogP contribution in [0, 0.1) is 10.1 Å². The van der Waals surface area contributed by atoms with Gasteiger partial charge < -0.3 is 10.3 Å². The third kappa shape index (κ3) is 5.04. The van der Waals surface area contributed by atoms with Gasteiger partial charge >= 0.3 is 0 Å². The van der Waals surface area contributed by atoms with E-state index in [4.69, 9.17) is 17.3 Å². The number of aromatic amines is 1. The van der Waals surface area contributed by atoms with E-state index in [2.05, 4.69) is 57.1 Å². The van der Waals surface area contributed by atoms with Crippen LogP contribution >= 0.6 is 67.2 Å². The summed E-state index contributed by atoms with van der Waals surface area (Å²) in [5.74, 6) is 0.00727. The predicted molar refractivity (Wildman–Crippen MR) is 116 cm³/mol. The van der Waals surface area contributed by atoms with Gasteiger partial charge in [-0.25, -0.2) is 19.3 Å². The SMILES string of the molecule is NC(S[N+](=O)[O-])(SC(F)(Cl)Br)c1nc(Nc2ccccc2Br)c2[nH]cnc2n1. The zero-order valence-corrected chi connectivity index (χ0v) is 19.0. The molecule has 9 nitrogen and oxygen atoms in total. The third-order valence-corrected chi connectivity index (χ3v) is 6.40. The van der Waals surface area contributed by atoms with Crippen molar-refractivity contribution in [3.05, 3.63) is 51.0 Å². The van der Waals surface area contributed by atoms with Crippen LogP contribution in [0.25, 0.3) is 11.2 Å². The zero-order chi connectivity index (χ0) is 20.5. The highest BCUT2D eigenvalue weighted by molar-refractivity contribution is 9.12. The van der Waals surface area contributed by atoms with Gasteiger partial charge in [0.2, 0.25) is 4.20 Å². The second-order valence-electron chi connectivity index (χ2n) is 5.13. The highest BCUT2D eigenvalue weighted by Crippen LogP contribution is 2.52. The van der Waals surface area contributed by atoms with E-state index in [0.717, 1.165) is 4.47 Å². The minimum atomic E-state index is -2.58. The van der Waals surface area contributed by atoms with Crippen molar-refractivity contribution >= 4 is 89.8 Å². The molecule has 0 radical (unpaired) electrons. The quantitative estimate of drug-likeness (QED) is 0.120. The lowest BCUT2D eigenvalue weighted by molar-refractivity contribution is -0.285. The minimum absolute atomic E-state index is 0.0196. The first kappa shape index (κ1) is 21.5. The molecule has 0 aliphatic carbocycles. The molecule has 0 fully saturated rings. The zero-order valence-electron chi connectivity index (χ0n) is 13.4. The van der Waals surface area contributed by atoms with Crippen molar-refractivity contribution in [1.82, 2.24) is 19.9 Å². The van der Waals surface area contributed by atoms with Gasteiger partial charge in [-0.2, -0.15) is 0 Å². The number of alkyl halides is 3. The number of nitrogens with two attached hydrogens (primary N) is 1. The summed E-state index contributed by atoms with van der Waals surface area (Å²) in [5, 5.41) is 14.2. The van der Waals surface area contributed by atoms with E-state index in [1.165, 1.54) is 6.33 Å². The summed E-state index contributed by atoms with van der Waals surface area (Å²) in [6.45, 7) is 0. The van der Waals surface area contributed by atoms with Crippen molar-refractivity contribution in [3.8, 4) is 0 Å². The molecule has 0 saturated carbocycles. The lowest BCUT2D eigenvalue weighted by Gasteiger charge is -2.24. The molecule has 3 aromatic rings. The smallest absolute Gasteiger partial charge is 0.287 e. The molecule has 15 heteroatoms. The summed E-state index contributed by atoms with van der Waals surface area (Å²) in [5.41, 5.74) is 7.38. The average molecular weight is 574 g/mol. The number of aromatic nitrogens is 4. The van der Waals surface area contributed by atoms with Crippen molar-refractivity contribution < 1.29 is 8.72 Å². The van der Waals surface area contributed by atoms with Gasteiger partial charge in [-0.1, -0.05) is 23.7 Å². The normalized spacial score (nSPS) is 15.8. The molecule has 0 saturated heterocycles. The molecular weight excluding hydrogens is 565 g/mol. The molecule has 1 aromatic carbocycles. The monoisotopic (exact) mass is 571 g/mol. The van der Waals surface area contributed by atoms with Gasteiger partial charge in [-0.15, -0.1) is 0 Å². The van der Waals surface area contributed by atoms with Crippen LogP contribution in [-0.2, 0) is 4.20 Å².